The van der Waals surface area contributed by atoms with Crippen molar-refractivity contribution in [2.75, 3.05) is 19.0 Å². The number of aliphatic hydroxyl groups excluding tert-OH is 1. The molecule has 1 aliphatic rings. The van der Waals surface area contributed by atoms with E-state index in [2.05, 4.69) is 15.6 Å². The van der Waals surface area contributed by atoms with Gasteiger partial charge in [-0.1, -0.05) is 29.8 Å². The minimum Gasteiger partial charge on any atom is -0.396 e. The molecular weight excluding hydrogens is 505 g/mol. The Morgan fingerprint density at radius 3 is 2.68 bits per heavy atom. The normalized spacial score (nSPS) is 12.2. The van der Waals surface area contributed by atoms with Gasteiger partial charge in [-0.05, 0) is 60.9 Å². The molecule has 0 bridgehead atoms. The molecule has 1 amide bonds. The van der Waals surface area contributed by atoms with Crippen molar-refractivity contribution >= 4 is 34.9 Å². The third-order valence-electron chi connectivity index (χ3n) is 6.34. The summed E-state index contributed by atoms with van der Waals surface area (Å²) in [4.78, 5) is 25.9. The van der Waals surface area contributed by atoms with Gasteiger partial charge in [0.25, 0.3) is 5.91 Å². The van der Waals surface area contributed by atoms with Gasteiger partial charge in [0, 0.05) is 58.4 Å². The number of anilines is 2. The van der Waals surface area contributed by atoms with Crippen LogP contribution in [0.1, 0.15) is 39.0 Å². The highest BCUT2D eigenvalue weighted by atomic mass is 35.5. The molecule has 0 atom stereocenters. The van der Waals surface area contributed by atoms with Crippen LogP contribution in [0.2, 0.25) is 5.02 Å². The van der Waals surface area contributed by atoms with Crippen molar-refractivity contribution in [1.82, 2.24) is 15.3 Å². The SMILES string of the molecule is CNC(=O)c1ccc(Nc2ncc3c(n2)-c2ccc(Cl)cc2C(c2c(F)cccc2CCCO)=NC3)cc1. The largest absolute Gasteiger partial charge is 0.396 e. The maximum Gasteiger partial charge on any atom is 0.251 e. The van der Waals surface area contributed by atoms with Gasteiger partial charge in [0.1, 0.15) is 5.82 Å². The van der Waals surface area contributed by atoms with Gasteiger partial charge in [-0.3, -0.25) is 9.79 Å². The van der Waals surface area contributed by atoms with Crippen molar-refractivity contribution in [2.45, 2.75) is 19.4 Å². The van der Waals surface area contributed by atoms with E-state index in [0.717, 1.165) is 22.4 Å². The fourth-order valence-electron chi connectivity index (χ4n) is 4.49. The number of rotatable bonds is 7. The van der Waals surface area contributed by atoms with Crippen molar-refractivity contribution in [3.63, 3.8) is 0 Å². The predicted molar refractivity (Wildman–Crippen MR) is 147 cm³/mol. The first-order valence-electron chi connectivity index (χ1n) is 12.2. The Bertz CT molecular complexity index is 1540. The number of aliphatic hydroxyl groups is 1. The molecule has 1 aromatic heterocycles. The lowest BCUT2D eigenvalue weighted by atomic mass is 9.91. The second kappa shape index (κ2) is 11.1. The zero-order valence-corrected chi connectivity index (χ0v) is 21.4. The van der Waals surface area contributed by atoms with E-state index in [4.69, 9.17) is 21.6 Å². The maximum atomic E-state index is 15.3. The van der Waals surface area contributed by atoms with Gasteiger partial charge >= 0.3 is 0 Å². The van der Waals surface area contributed by atoms with E-state index in [1.807, 2.05) is 12.1 Å². The van der Waals surface area contributed by atoms with Crippen LogP contribution in [0.25, 0.3) is 11.3 Å². The molecule has 0 spiro atoms. The van der Waals surface area contributed by atoms with E-state index < -0.39 is 0 Å². The summed E-state index contributed by atoms with van der Waals surface area (Å²) in [5, 5.41) is 15.6. The molecule has 2 heterocycles. The smallest absolute Gasteiger partial charge is 0.251 e. The molecule has 0 aliphatic carbocycles. The zero-order valence-electron chi connectivity index (χ0n) is 20.6. The Morgan fingerprint density at radius 2 is 1.92 bits per heavy atom. The quantitative estimate of drug-likeness (QED) is 0.301. The van der Waals surface area contributed by atoms with Crippen molar-refractivity contribution in [3.8, 4) is 11.3 Å². The van der Waals surface area contributed by atoms with Crippen molar-refractivity contribution < 1.29 is 14.3 Å². The van der Waals surface area contributed by atoms with E-state index in [1.165, 1.54) is 6.07 Å². The first-order valence-corrected chi connectivity index (χ1v) is 12.5. The Balaban J connectivity index is 1.56. The van der Waals surface area contributed by atoms with E-state index in [1.54, 1.807) is 55.7 Å². The van der Waals surface area contributed by atoms with Crippen molar-refractivity contribution in [1.29, 1.82) is 0 Å². The third kappa shape index (κ3) is 5.14. The molecule has 3 N–H and O–H groups in total. The average Bonchev–Trinajstić information content (AvgIpc) is 3.08. The Hall–Kier alpha value is -4.14. The number of aromatic nitrogens is 2. The molecular formula is C29H25ClFN5O2. The second-order valence-electron chi connectivity index (χ2n) is 8.80. The van der Waals surface area contributed by atoms with Crippen LogP contribution < -0.4 is 10.6 Å². The molecule has 0 saturated heterocycles. The summed E-state index contributed by atoms with van der Waals surface area (Å²) in [7, 11) is 1.58. The van der Waals surface area contributed by atoms with Crippen LogP contribution in [0.5, 0.6) is 0 Å². The minimum absolute atomic E-state index is 0.0101. The highest BCUT2D eigenvalue weighted by Gasteiger charge is 2.25. The molecule has 0 saturated carbocycles. The number of carbonyl (C=O) groups is 1. The molecule has 5 rings (SSSR count). The summed E-state index contributed by atoms with van der Waals surface area (Å²) in [6, 6.07) is 17.3. The molecule has 3 aromatic carbocycles. The summed E-state index contributed by atoms with van der Waals surface area (Å²) < 4.78 is 15.3. The average molecular weight is 530 g/mol. The molecule has 1 aliphatic heterocycles. The third-order valence-corrected chi connectivity index (χ3v) is 6.57. The van der Waals surface area contributed by atoms with Crippen LogP contribution in [0.3, 0.4) is 0 Å². The molecule has 7 nitrogen and oxygen atoms in total. The lowest BCUT2D eigenvalue weighted by Crippen LogP contribution is -2.17. The molecule has 0 unspecified atom stereocenters. The molecule has 9 heteroatoms. The first kappa shape index (κ1) is 25.5. The highest BCUT2D eigenvalue weighted by molar-refractivity contribution is 6.31. The summed E-state index contributed by atoms with van der Waals surface area (Å²) in [6.07, 6.45) is 2.73. The van der Waals surface area contributed by atoms with E-state index in [-0.39, 0.29) is 24.9 Å². The number of hydrogen-bond donors (Lipinski definition) is 3. The fraction of sp³-hybridized carbons (Fsp3) is 0.172. The molecule has 192 valence electrons. The number of aliphatic imine (C=N–C) groups is 1. The Morgan fingerprint density at radius 1 is 1.11 bits per heavy atom. The number of nitrogens with one attached hydrogen (secondary N) is 2. The number of nitrogens with zero attached hydrogens (tertiary/aromatic N) is 3. The summed E-state index contributed by atoms with van der Waals surface area (Å²) >= 11 is 6.40. The van der Waals surface area contributed by atoms with Gasteiger partial charge in [0.2, 0.25) is 5.95 Å². The Kier molecular flexibility index (Phi) is 7.44. The number of amides is 1. The van der Waals surface area contributed by atoms with Gasteiger partial charge in [-0.25, -0.2) is 14.4 Å². The topological polar surface area (TPSA) is 99.5 Å². The number of halogens is 2. The lowest BCUT2D eigenvalue weighted by Gasteiger charge is -2.16. The molecule has 4 aromatic rings. The predicted octanol–water partition coefficient (Wildman–Crippen LogP) is 5.32. The van der Waals surface area contributed by atoms with Crippen molar-refractivity contribution in [2.24, 2.45) is 4.99 Å². The van der Waals surface area contributed by atoms with Gasteiger partial charge in [0.05, 0.1) is 18.0 Å². The van der Waals surface area contributed by atoms with Gasteiger partial charge in [-0.15, -0.1) is 0 Å². The fourth-order valence-corrected chi connectivity index (χ4v) is 4.66. The Labute approximate surface area is 224 Å². The van der Waals surface area contributed by atoms with Gasteiger partial charge in [0.15, 0.2) is 0 Å². The van der Waals surface area contributed by atoms with E-state index in [0.29, 0.717) is 51.9 Å². The summed E-state index contributed by atoms with van der Waals surface area (Å²) in [5.74, 6) is -0.182. The molecule has 0 radical (unpaired) electrons. The monoisotopic (exact) mass is 529 g/mol. The number of fused-ring (bicyclic) bond motifs is 3. The number of benzene rings is 3. The lowest BCUT2D eigenvalue weighted by molar-refractivity contribution is 0.0963. The zero-order chi connectivity index (χ0) is 26.6. The van der Waals surface area contributed by atoms with E-state index >= 15 is 4.39 Å². The maximum absolute atomic E-state index is 15.3. The van der Waals surface area contributed by atoms with Gasteiger partial charge in [-0.2, -0.15) is 0 Å². The minimum atomic E-state index is -0.385. The molecule has 38 heavy (non-hydrogen) atoms. The van der Waals surface area contributed by atoms with Crippen molar-refractivity contribution in [3.05, 3.63) is 106 Å². The van der Waals surface area contributed by atoms with Crippen LogP contribution in [0.4, 0.5) is 16.0 Å². The van der Waals surface area contributed by atoms with Crippen LogP contribution in [0, 0.1) is 5.82 Å². The summed E-state index contributed by atoms with van der Waals surface area (Å²) in [5.41, 5.74) is 5.82. The van der Waals surface area contributed by atoms with Crippen LogP contribution >= 0.6 is 11.6 Å². The number of carbonyl (C=O) groups excluding carboxylic acids is 1. The van der Waals surface area contributed by atoms with Crippen LogP contribution in [-0.4, -0.2) is 40.3 Å². The first-order chi connectivity index (χ1) is 18.5. The number of hydrogen-bond acceptors (Lipinski definition) is 6. The standard InChI is InChI=1S/C29H25ClFN5O2/c1-32-28(38)18-7-10-21(11-8-18)35-29-34-16-19-15-33-27(23-14-20(30)9-12-22(23)26(19)36-29)25-17(5-3-13-37)4-2-6-24(25)31/h2,4,6-12,14,16,37H,3,5,13,15H2,1H3,(H,32,38)(H,34,35,36). The summed E-state index contributed by atoms with van der Waals surface area (Å²) in [6.45, 7) is 0.266. The number of aryl methyl sites for hydroxylation is 1. The van der Waals surface area contributed by atoms with Crippen LogP contribution in [-0.2, 0) is 13.0 Å². The van der Waals surface area contributed by atoms with Gasteiger partial charge < -0.3 is 15.7 Å². The van der Waals surface area contributed by atoms with E-state index in [9.17, 15) is 9.90 Å². The molecule has 0 fully saturated rings. The second-order valence-corrected chi connectivity index (χ2v) is 9.24. The van der Waals surface area contributed by atoms with Crippen LogP contribution in [0.15, 0.2) is 71.9 Å². The highest BCUT2D eigenvalue weighted by Crippen LogP contribution is 2.35.